The Balaban J connectivity index is 3.82. The van der Waals surface area contributed by atoms with E-state index >= 15 is 0 Å². The van der Waals surface area contributed by atoms with Crippen LogP contribution < -0.4 is 0 Å². The first-order valence-electron chi connectivity index (χ1n) is 3.82. The predicted molar refractivity (Wildman–Crippen MR) is 64.8 cm³/mol. The zero-order chi connectivity index (χ0) is 9.83. The molecule has 0 aliphatic carbocycles. The third-order valence-electron chi connectivity index (χ3n) is 1.14. The van der Waals surface area contributed by atoms with E-state index in [4.69, 9.17) is 23.2 Å². The molecule has 12 heavy (non-hydrogen) atoms. The number of hydrogen-bond donors (Lipinski definition) is 0. The summed E-state index contributed by atoms with van der Waals surface area (Å²) in [7, 11) is 3.62. The van der Waals surface area contributed by atoms with Crippen LogP contribution in [0.3, 0.4) is 0 Å². The zero-order valence-electron chi connectivity index (χ0n) is 7.99. The van der Waals surface area contributed by atoms with Gasteiger partial charge in [0.15, 0.2) is 0 Å². The van der Waals surface area contributed by atoms with Gasteiger partial charge < -0.3 is 0 Å². The van der Waals surface area contributed by atoms with E-state index in [0.29, 0.717) is 11.8 Å². The van der Waals surface area contributed by atoms with Crippen molar-refractivity contribution in [3.8, 4) is 0 Å². The summed E-state index contributed by atoms with van der Waals surface area (Å²) >= 11 is 11.6. The highest BCUT2D eigenvalue weighted by Gasteiger charge is 2.24. The van der Waals surface area contributed by atoms with Crippen molar-refractivity contribution in [1.29, 1.82) is 0 Å². The third-order valence-corrected chi connectivity index (χ3v) is 7.02. The average Bonchev–Trinajstić information content (AvgIpc) is 2.02. The van der Waals surface area contributed by atoms with Gasteiger partial charge in [-0.15, -0.1) is 23.2 Å². The first-order valence-corrected chi connectivity index (χ1v) is 7.04. The molecule has 0 heterocycles. The maximum atomic E-state index is 5.80. The Labute approximate surface area is 93.5 Å². The Morgan fingerprint density at radius 3 is 1.25 bits per heavy atom. The normalized spacial score (nSPS) is 13.5. The van der Waals surface area contributed by atoms with E-state index in [2.05, 4.69) is 27.7 Å². The van der Waals surface area contributed by atoms with Crippen molar-refractivity contribution in [2.45, 2.75) is 37.2 Å². The summed E-state index contributed by atoms with van der Waals surface area (Å²) in [5.41, 5.74) is 0. The van der Waals surface area contributed by atoms with Crippen LogP contribution in [0.2, 0.25) is 0 Å². The van der Waals surface area contributed by atoms with Crippen LogP contribution in [-0.2, 0) is 0 Å². The Morgan fingerprint density at radius 1 is 0.833 bits per heavy atom. The van der Waals surface area contributed by atoms with Crippen LogP contribution >= 0.6 is 44.8 Å². The van der Waals surface area contributed by atoms with Gasteiger partial charge in [0, 0.05) is 21.3 Å². The lowest BCUT2D eigenvalue weighted by Gasteiger charge is -2.26. The number of alkyl halides is 2. The lowest BCUT2D eigenvalue weighted by molar-refractivity contribution is 0.808. The topological polar surface area (TPSA) is 0 Å². The Bertz CT molecular complexity index is 119. The van der Waals surface area contributed by atoms with Gasteiger partial charge in [-0.2, -0.15) is 0 Å². The molecule has 0 aliphatic heterocycles. The molecule has 0 spiro atoms. The molecule has 0 amide bonds. The van der Waals surface area contributed by atoms with Gasteiger partial charge in [-0.1, -0.05) is 21.6 Å². The predicted octanol–water partition coefficient (Wildman–Crippen LogP) is 4.40. The Kier molecular flexibility index (Phi) is 5.79. The molecule has 0 aromatic carbocycles. The monoisotopic (exact) mass is 246 g/mol. The lowest BCUT2D eigenvalue weighted by atomic mass is 10.2. The molecule has 0 radical (unpaired) electrons. The van der Waals surface area contributed by atoms with Crippen LogP contribution in [0.1, 0.15) is 27.7 Å². The molecule has 0 aliphatic rings. The minimum atomic E-state index is 0.134. The summed E-state index contributed by atoms with van der Waals surface area (Å²) in [5.74, 6) is 1.34. The molecule has 0 aromatic rings. The Hall–Kier alpha value is 1.28. The van der Waals surface area contributed by atoms with E-state index in [1.807, 2.05) is 21.6 Å². The highest BCUT2D eigenvalue weighted by Crippen LogP contribution is 2.44. The smallest absolute Gasteiger partial charge is 0.0373 e. The summed E-state index contributed by atoms with van der Waals surface area (Å²) < 4.78 is 0.269. The van der Waals surface area contributed by atoms with Gasteiger partial charge in [-0.3, -0.25) is 0 Å². The molecule has 0 unspecified atom stereocenters. The van der Waals surface area contributed by atoms with Crippen molar-refractivity contribution in [3.05, 3.63) is 0 Å². The molecule has 74 valence electrons. The van der Waals surface area contributed by atoms with Crippen LogP contribution in [0.5, 0.6) is 0 Å². The highest BCUT2D eigenvalue weighted by atomic mass is 35.5. The van der Waals surface area contributed by atoms with Gasteiger partial charge in [0.1, 0.15) is 0 Å². The second kappa shape index (κ2) is 5.23. The van der Waals surface area contributed by atoms with E-state index in [1.54, 1.807) is 0 Å². The summed E-state index contributed by atoms with van der Waals surface area (Å²) in [4.78, 5) is 0. The van der Waals surface area contributed by atoms with E-state index in [9.17, 15) is 0 Å². The van der Waals surface area contributed by atoms with Crippen LogP contribution in [0, 0.1) is 0 Å². The summed E-state index contributed by atoms with van der Waals surface area (Å²) in [5, 5.41) is 0. The third kappa shape index (κ3) is 5.85. The molecule has 0 atom stereocenters. The number of hydrogen-bond acceptors (Lipinski definition) is 2. The average molecular weight is 247 g/mol. The van der Waals surface area contributed by atoms with Crippen LogP contribution in [0.4, 0.5) is 0 Å². The van der Waals surface area contributed by atoms with Crippen molar-refractivity contribution in [1.82, 2.24) is 0 Å². The van der Waals surface area contributed by atoms with Gasteiger partial charge in [-0.05, 0) is 27.7 Å². The maximum absolute atomic E-state index is 5.80. The first-order chi connectivity index (χ1) is 5.33. The molecule has 0 bridgehead atoms. The Morgan fingerprint density at radius 2 is 1.08 bits per heavy atom. The van der Waals surface area contributed by atoms with E-state index in [0.717, 1.165) is 0 Å². The fourth-order valence-electron chi connectivity index (χ4n) is 0.270. The standard InChI is InChI=1S/C8H16Cl2S2/c1-7(2,5-9)11-12-8(3,4)6-10/h5-6H2,1-4H3. The van der Waals surface area contributed by atoms with Crippen LogP contribution in [0.15, 0.2) is 0 Å². The molecular formula is C8H16Cl2S2. The van der Waals surface area contributed by atoms with Crippen molar-refractivity contribution in [2.75, 3.05) is 11.8 Å². The highest BCUT2D eigenvalue weighted by molar-refractivity contribution is 8.77. The molecule has 0 nitrogen and oxygen atoms in total. The SMILES string of the molecule is CC(C)(CCl)SSC(C)(C)CCl. The minimum absolute atomic E-state index is 0.134. The fraction of sp³-hybridized carbons (Fsp3) is 1.00. The van der Waals surface area contributed by atoms with Gasteiger partial charge in [-0.25, -0.2) is 0 Å². The van der Waals surface area contributed by atoms with E-state index in [1.165, 1.54) is 0 Å². The molecule has 0 fully saturated rings. The summed E-state index contributed by atoms with van der Waals surface area (Å²) in [6.45, 7) is 8.56. The van der Waals surface area contributed by atoms with E-state index in [-0.39, 0.29) is 9.49 Å². The molecule has 0 saturated carbocycles. The molecule has 4 heteroatoms. The largest absolute Gasteiger partial charge is 0.125 e. The van der Waals surface area contributed by atoms with Gasteiger partial charge in [0.25, 0.3) is 0 Å². The lowest BCUT2D eigenvalue weighted by Crippen LogP contribution is -2.20. The van der Waals surface area contributed by atoms with Crippen molar-refractivity contribution in [3.63, 3.8) is 0 Å². The fourth-order valence-corrected chi connectivity index (χ4v) is 3.23. The quantitative estimate of drug-likeness (QED) is 0.521. The van der Waals surface area contributed by atoms with Gasteiger partial charge >= 0.3 is 0 Å². The second-order valence-electron chi connectivity index (χ2n) is 3.95. The number of rotatable bonds is 5. The van der Waals surface area contributed by atoms with Crippen molar-refractivity contribution >= 4 is 44.8 Å². The second-order valence-corrected chi connectivity index (χ2v) is 8.03. The summed E-state index contributed by atoms with van der Waals surface area (Å²) in [6.07, 6.45) is 0. The first kappa shape index (κ1) is 13.3. The van der Waals surface area contributed by atoms with E-state index < -0.39 is 0 Å². The van der Waals surface area contributed by atoms with Crippen LogP contribution in [0.25, 0.3) is 0 Å². The molecule has 0 saturated heterocycles. The zero-order valence-corrected chi connectivity index (χ0v) is 11.1. The minimum Gasteiger partial charge on any atom is -0.125 e. The van der Waals surface area contributed by atoms with Crippen molar-refractivity contribution < 1.29 is 0 Å². The van der Waals surface area contributed by atoms with Crippen LogP contribution in [-0.4, -0.2) is 21.3 Å². The maximum Gasteiger partial charge on any atom is 0.0373 e. The summed E-state index contributed by atoms with van der Waals surface area (Å²) in [6, 6.07) is 0. The molecule has 0 aromatic heterocycles. The number of halogens is 2. The van der Waals surface area contributed by atoms with Gasteiger partial charge in [0.2, 0.25) is 0 Å². The molecular weight excluding hydrogens is 231 g/mol. The molecule has 0 N–H and O–H groups in total. The van der Waals surface area contributed by atoms with Crippen molar-refractivity contribution in [2.24, 2.45) is 0 Å². The van der Waals surface area contributed by atoms with Gasteiger partial charge in [0.05, 0.1) is 0 Å². The molecule has 0 rings (SSSR count).